The van der Waals surface area contributed by atoms with Crippen LogP contribution in [0, 0.1) is 5.92 Å². The summed E-state index contributed by atoms with van der Waals surface area (Å²) >= 11 is 1.26. The average Bonchev–Trinajstić information content (AvgIpc) is 3.04. The molecule has 0 amide bonds. The highest BCUT2D eigenvalue weighted by atomic mass is 32.2. The van der Waals surface area contributed by atoms with Crippen LogP contribution in [0.1, 0.15) is 32.1 Å². The van der Waals surface area contributed by atoms with Crippen molar-refractivity contribution in [2.75, 3.05) is 11.5 Å². The first-order chi connectivity index (χ1) is 8.27. The summed E-state index contributed by atoms with van der Waals surface area (Å²) in [5.74, 6) is -0.852. The van der Waals surface area contributed by atoms with Gasteiger partial charge in [-0.3, -0.25) is 4.79 Å². The molecule has 3 nitrogen and oxygen atoms in total. The second kappa shape index (κ2) is 6.14. The van der Waals surface area contributed by atoms with Crippen molar-refractivity contribution in [2.45, 2.75) is 43.9 Å². The summed E-state index contributed by atoms with van der Waals surface area (Å²) in [6.07, 6.45) is -3.55. The van der Waals surface area contributed by atoms with E-state index < -0.39 is 23.7 Å². The summed E-state index contributed by atoms with van der Waals surface area (Å²) in [5, 5.41) is 18.1. The number of hydrogen-bond acceptors (Lipinski definition) is 3. The molecule has 0 saturated heterocycles. The molecule has 7 heteroatoms. The summed E-state index contributed by atoms with van der Waals surface area (Å²) in [5.41, 5.74) is -2.55. The van der Waals surface area contributed by atoms with Gasteiger partial charge in [0.15, 0.2) is 5.60 Å². The second-order valence-electron chi connectivity index (χ2n) is 4.56. The summed E-state index contributed by atoms with van der Waals surface area (Å²) in [7, 11) is 0. The lowest BCUT2D eigenvalue weighted by molar-refractivity contribution is -0.269. The predicted molar refractivity (Wildman–Crippen MR) is 62.5 cm³/mol. The van der Waals surface area contributed by atoms with E-state index in [4.69, 9.17) is 5.11 Å². The summed E-state index contributed by atoms with van der Waals surface area (Å²) < 4.78 is 38.2. The molecule has 0 aliphatic heterocycles. The Bertz CT molecular complexity index is 292. The molecule has 0 bridgehead atoms. The monoisotopic (exact) mass is 286 g/mol. The zero-order valence-corrected chi connectivity index (χ0v) is 10.7. The van der Waals surface area contributed by atoms with Gasteiger partial charge in [-0.1, -0.05) is 0 Å². The van der Waals surface area contributed by atoms with Crippen LogP contribution in [0.3, 0.4) is 0 Å². The van der Waals surface area contributed by atoms with Crippen LogP contribution in [0.15, 0.2) is 0 Å². The van der Waals surface area contributed by atoms with Crippen LogP contribution < -0.4 is 0 Å². The van der Waals surface area contributed by atoms with E-state index in [1.54, 1.807) is 0 Å². The van der Waals surface area contributed by atoms with Crippen LogP contribution in [-0.4, -0.2) is 39.5 Å². The van der Waals surface area contributed by atoms with Crippen molar-refractivity contribution in [2.24, 2.45) is 5.92 Å². The van der Waals surface area contributed by atoms with Crippen molar-refractivity contribution < 1.29 is 28.2 Å². The second-order valence-corrected chi connectivity index (χ2v) is 5.78. The number of hydrogen-bond donors (Lipinski definition) is 2. The summed E-state index contributed by atoms with van der Waals surface area (Å²) in [6.45, 7) is 0. The smallest absolute Gasteiger partial charge is 0.417 e. The molecule has 1 rings (SSSR count). The molecule has 18 heavy (non-hydrogen) atoms. The Kier molecular flexibility index (Phi) is 5.33. The van der Waals surface area contributed by atoms with Gasteiger partial charge in [0.2, 0.25) is 0 Å². The Labute approximate surface area is 108 Å². The van der Waals surface area contributed by atoms with Crippen molar-refractivity contribution in [3.8, 4) is 0 Å². The number of carboxylic acid groups (broad SMARTS) is 1. The van der Waals surface area contributed by atoms with Gasteiger partial charge < -0.3 is 10.2 Å². The molecule has 1 aliphatic rings. The van der Waals surface area contributed by atoms with Gasteiger partial charge in [-0.25, -0.2) is 0 Å². The zero-order valence-electron chi connectivity index (χ0n) is 9.87. The molecule has 106 valence electrons. The fraction of sp³-hybridized carbons (Fsp3) is 0.909. The molecule has 0 aromatic rings. The number of rotatable bonds is 8. The normalized spacial score (nSPS) is 19.6. The molecule has 1 atom stereocenters. The van der Waals surface area contributed by atoms with Crippen molar-refractivity contribution in [1.29, 1.82) is 0 Å². The number of alkyl halides is 3. The molecule has 1 saturated carbocycles. The van der Waals surface area contributed by atoms with Crippen LogP contribution in [0.5, 0.6) is 0 Å². The molecule has 0 radical (unpaired) electrons. The molecular weight excluding hydrogens is 269 g/mol. The van der Waals surface area contributed by atoms with E-state index in [9.17, 15) is 23.1 Å². The standard InChI is InChI=1S/C11H17F3O3S/c12-11(13,14)10(17,8-3-4-8)5-7-18-6-1-2-9(15)16/h8,17H,1-7H2,(H,15,16). The maximum atomic E-state index is 12.7. The van der Waals surface area contributed by atoms with Crippen LogP contribution in [0.2, 0.25) is 0 Å². The summed E-state index contributed by atoms with van der Waals surface area (Å²) in [6, 6.07) is 0. The van der Waals surface area contributed by atoms with Crippen molar-refractivity contribution in [1.82, 2.24) is 0 Å². The minimum absolute atomic E-state index is 0.0269. The van der Waals surface area contributed by atoms with Crippen molar-refractivity contribution in [3.05, 3.63) is 0 Å². The highest BCUT2D eigenvalue weighted by molar-refractivity contribution is 7.99. The Balaban J connectivity index is 2.25. The number of aliphatic carboxylic acids is 1. The largest absolute Gasteiger partial charge is 0.481 e. The fourth-order valence-electron chi connectivity index (χ4n) is 1.79. The topological polar surface area (TPSA) is 57.5 Å². The van der Waals surface area contributed by atoms with E-state index in [0.29, 0.717) is 25.0 Å². The maximum absolute atomic E-state index is 12.7. The van der Waals surface area contributed by atoms with Gasteiger partial charge in [-0.2, -0.15) is 24.9 Å². The van der Waals surface area contributed by atoms with Gasteiger partial charge >= 0.3 is 12.1 Å². The van der Waals surface area contributed by atoms with E-state index in [1.807, 2.05) is 0 Å². The number of aliphatic hydroxyl groups is 1. The molecule has 1 fully saturated rings. The van der Waals surface area contributed by atoms with E-state index >= 15 is 0 Å². The van der Waals surface area contributed by atoms with Gasteiger partial charge in [-0.05, 0) is 43.1 Å². The highest BCUT2D eigenvalue weighted by Crippen LogP contribution is 2.50. The average molecular weight is 286 g/mol. The minimum atomic E-state index is -4.57. The summed E-state index contributed by atoms with van der Waals surface area (Å²) in [4.78, 5) is 10.2. The first kappa shape index (κ1) is 15.6. The van der Waals surface area contributed by atoms with E-state index in [2.05, 4.69) is 0 Å². The lowest BCUT2D eigenvalue weighted by Gasteiger charge is -2.30. The van der Waals surface area contributed by atoms with Gasteiger partial charge in [-0.15, -0.1) is 0 Å². The van der Waals surface area contributed by atoms with Crippen molar-refractivity contribution >= 4 is 17.7 Å². The maximum Gasteiger partial charge on any atom is 0.417 e. The number of carboxylic acids is 1. The molecular formula is C11H17F3O3S. The Morgan fingerprint density at radius 1 is 1.28 bits per heavy atom. The molecule has 1 unspecified atom stereocenters. The lowest BCUT2D eigenvalue weighted by atomic mass is 9.94. The van der Waals surface area contributed by atoms with Crippen molar-refractivity contribution in [3.63, 3.8) is 0 Å². The third kappa shape index (κ3) is 4.35. The Hall–Kier alpha value is -0.430. The van der Waals surface area contributed by atoms with Crippen LogP contribution in [0.25, 0.3) is 0 Å². The van der Waals surface area contributed by atoms with Gasteiger partial charge in [0.25, 0.3) is 0 Å². The first-order valence-corrected chi connectivity index (χ1v) is 7.01. The van der Waals surface area contributed by atoms with E-state index in [0.717, 1.165) is 0 Å². The highest BCUT2D eigenvalue weighted by Gasteiger charge is 2.60. The fourth-order valence-corrected chi connectivity index (χ4v) is 2.80. The molecule has 0 heterocycles. The van der Waals surface area contributed by atoms with Crippen LogP contribution in [-0.2, 0) is 4.79 Å². The van der Waals surface area contributed by atoms with E-state index in [-0.39, 0.29) is 18.6 Å². The molecule has 0 spiro atoms. The van der Waals surface area contributed by atoms with Gasteiger partial charge in [0.05, 0.1) is 0 Å². The minimum Gasteiger partial charge on any atom is -0.481 e. The SMILES string of the molecule is O=C(O)CCCSCCC(O)(C1CC1)C(F)(F)F. The van der Waals surface area contributed by atoms with Gasteiger partial charge in [0.1, 0.15) is 0 Å². The zero-order chi connectivity index (χ0) is 13.8. The number of thioether (sulfide) groups is 1. The van der Waals surface area contributed by atoms with Gasteiger partial charge in [0, 0.05) is 6.42 Å². The Morgan fingerprint density at radius 2 is 1.89 bits per heavy atom. The molecule has 2 N–H and O–H groups in total. The molecule has 0 aromatic heterocycles. The quantitative estimate of drug-likeness (QED) is 0.674. The lowest BCUT2D eigenvalue weighted by Crippen LogP contribution is -2.47. The Morgan fingerprint density at radius 3 is 2.33 bits per heavy atom. The number of carbonyl (C=O) groups is 1. The first-order valence-electron chi connectivity index (χ1n) is 5.86. The predicted octanol–water partition coefficient (Wildman–Crippen LogP) is 2.68. The third-order valence-electron chi connectivity index (χ3n) is 3.05. The van der Waals surface area contributed by atoms with Crippen LogP contribution >= 0.6 is 11.8 Å². The van der Waals surface area contributed by atoms with E-state index in [1.165, 1.54) is 11.8 Å². The molecule has 1 aliphatic carbocycles. The van der Waals surface area contributed by atoms with Crippen LogP contribution in [0.4, 0.5) is 13.2 Å². The number of halogens is 3. The third-order valence-corrected chi connectivity index (χ3v) is 4.12. The molecule has 0 aromatic carbocycles.